The summed E-state index contributed by atoms with van der Waals surface area (Å²) in [4.78, 5) is 14.7. The highest BCUT2D eigenvalue weighted by atomic mass is 16.5. The topological polar surface area (TPSA) is 41.6 Å². The van der Waals surface area contributed by atoms with E-state index in [-0.39, 0.29) is 11.9 Å². The number of carbonyl (C=O) groups is 1. The monoisotopic (exact) mass is 282 g/mol. The lowest BCUT2D eigenvalue weighted by molar-refractivity contribution is -0.127. The van der Waals surface area contributed by atoms with Crippen molar-refractivity contribution >= 4 is 5.91 Å². The maximum atomic E-state index is 12.4. The van der Waals surface area contributed by atoms with Gasteiger partial charge in [-0.25, -0.2) is 0 Å². The van der Waals surface area contributed by atoms with Gasteiger partial charge in [-0.1, -0.05) is 27.2 Å². The van der Waals surface area contributed by atoms with Crippen molar-refractivity contribution in [1.29, 1.82) is 0 Å². The zero-order chi connectivity index (χ0) is 14.5. The minimum Gasteiger partial charge on any atom is -0.378 e. The molecule has 2 fully saturated rings. The second-order valence-corrected chi connectivity index (χ2v) is 6.51. The van der Waals surface area contributed by atoms with Gasteiger partial charge >= 0.3 is 0 Å². The highest BCUT2D eigenvalue weighted by Gasteiger charge is 2.32. The van der Waals surface area contributed by atoms with Gasteiger partial charge in [0.05, 0.1) is 12.1 Å². The van der Waals surface area contributed by atoms with Gasteiger partial charge in [-0.05, 0) is 38.3 Å². The first kappa shape index (κ1) is 15.8. The summed E-state index contributed by atoms with van der Waals surface area (Å²) < 4.78 is 5.79. The number of piperidine rings is 1. The lowest BCUT2D eigenvalue weighted by Crippen LogP contribution is -2.50. The molecule has 1 amide bonds. The van der Waals surface area contributed by atoms with Gasteiger partial charge in [-0.2, -0.15) is 0 Å². The maximum absolute atomic E-state index is 12.4. The smallest absolute Gasteiger partial charge is 0.237 e. The van der Waals surface area contributed by atoms with E-state index < -0.39 is 0 Å². The summed E-state index contributed by atoms with van der Waals surface area (Å²) in [5.41, 5.74) is 0. The first-order chi connectivity index (χ1) is 9.63. The summed E-state index contributed by atoms with van der Waals surface area (Å²) in [7, 11) is 0. The van der Waals surface area contributed by atoms with Crippen molar-refractivity contribution in [3.05, 3.63) is 0 Å². The van der Waals surface area contributed by atoms with Crippen LogP contribution < -0.4 is 5.32 Å². The molecule has 2 aliphatic heterocycles. The molecule has 0 spiro atoms. The number of hydrogen-bond donors (Lipinski definition) is 1. The minimum atomic E-state index is 0.0913. The predicted molar refractivity (Wildman–Crippen MR) is 80.6 cm³/mol. The van der Waals surface area contributed by atoms with E-state index >= 15 is 0 Å². The average Bonchev–Trinajstić information content (AvgIpc) is 2.93. The fourth-order valence-corrected chi connectivity index (χ4v) is 3.63. The minimum absolute atomic E-state index is 0.0913. The van der Waals surface area contributed by atoms with E-state index in [2.05, 4.69) is 31.0 Å². The fraction of sp³-hybridized carbons (Fsp3) is 0.938. The predicted octanol–water partition coefficient (Wildman–Crippen LogP) is 2.04. The van der Waals surface area contributed by atoms with Crippen LogP contribution in [0.1, 0.15) is 46.5 Å². The Kier molecular flexibility index (Phi) is 5.85. The van der Waals surface area contributed by atoms with Crippen LogP contribution >= 0.6 is 0 Å². The molecule has 1 N–H and O–H groups in total. The number of likely N-dealkylation sites (tertiary alicyclic amines) is 1. The average molecular weight is 282 g/mol. The Hall–Kier alpha value is -0.610. The molecule has 4 nitrogen and oxygen atoms in total. The summed E-state index contributed by atoms with van der Waals surface area (Å²) >= 11 is 0. The van der Waals surface area contributed by atoms with Crippen molar-refractivity contribution in [3.8, 4) is 0 Å². The molecule has 0 radical (unpaired) electrons. The lowest BCUT2D eigenvalue weighted by atomic mass is 9.92. The first-order valence-electron chi connectivity index (χ1n) is 8.26. The van der Waals surface area contributed by atoms with Crippen molar-refractivity contribution < 1.29 is 9.53 Å². The van der Waals surface area contributed by atoms with Crippen LogP contribution in [-0.2, 0) is 9.53 Å². The van der Waals surface area contributed by atoms with E-state index in [9.17, 15) is 4.79 Å². The van der Waals surface area contributed by atoms with Crippen molar-refractivity contribution in [3.63, 3.8) is 0 Å². The van der Waals surface area contributed by atoms with Gasteiger partial charge in [0, 0.05) is 19.1 Å². The van der Waals surface area contributed by atoms with Crippen LogP contribution in [0.4, 0.5) is 0 Å². The Morgan fingerprint density at radius 3 is 2.85 bits per heavy atom. The number of carbonyl (C=O) groups excluding carboxylic acids is 1. The van der Waals surface area contributed by atoms with Crippen LogP contribution in [0, 0.1) is 11.8 Å². The second-order valence-electron chi connectivity index (χ2n) is 6.51. The maximum Gasteiger partial charge on any atom is 0.237 e. The molecule has 116 valence electrons. The van der Waals surface area contributed by atoms with Gasteiger partial charge in [0.15, 0.2) is 0 Å². The fourth-order valence-electron chi connectivity index (χ4n) is 3.63. The van der Waals surface area contributed by atoms with Gasteiger partial charge in [0.2, 0.25) is 5.91 Å². The van der Waals surface area contributed by atoms with Gasteiger partial charge in [-0.3, -0.25) is 9.69 Å². The van der Waals surface area contributed by atoms with Crippen molar-refractivity contribution in [2.75, 3.05) is 26.2 Å². The number of nitrogens with zero attached hydrogens (tertiary/aromatic N) is 1. The lowest BCUT2D eigenvalue weighted by Gasteiger charge is -2.34. The normalized spacial score (nSPS) is 31.7. The number of rotatable bonds is 5. The Morgan fingerprint density at radius 1 is 1.35 bits per heavy atom. The van der Waals surface area contributed by atoms with Crippen LogP contribution in [0.5, 0.6) is 0 Å². The molecular formula is C16H30N2O2. The van der Waals surface area contributed by atoms with E-state index in [4.69, 9.17) is 4.74 Å². The third-order valence-electron chi connectivity index (χ3n) is 4.78. The summed E-state index contributed by atoms with van der Waals surface area (Å²) in [5.74, 6) is 1.24. The molecule has 0 aromatic carbocycles. The van der Waals surface area contributed by atoms with E-state index in [0.29, 0.717) is 17.9 Å². The summed E-state index contributed by atoms with van der Waals surface area (Å²) in [6, 6.07) is 0.0913. The van der Waals surface area contributed by atoms with Crippen molar-refractivity contribution in [1.82, 2.24) is 10.2 Å². The van der Waals surface area contributed by atoms with Crippen LogP contribution in [-0.4, -0.2) is 49.2 Å². The van der Waals surface area contributed by atoms with E-state index in [0.717, 1.165) is 39.1 Å². The van der Waals surface area contributed by atoms with Crippen molar-refractivity contribution in [2.45, 2.75) is 58.6 Å². The quantitative estimate of drug-likeness (QED) is 0.839. The second kappa shape index (κ2) is 7.41. The van der Waals surface area contributed by atoms with Crippen LogP contribution in [0.25, 0.3) is 0 Å². The Labute approximate surface area is 123 Å². The highest BCUT2D eigenvalue weighted by Crippen LogP contribution is 2.26. The molecule has 0 saturated carbocycles. The van der Waals surface area contributed by atoms with Gasteiger partial charge in [0.25, 0.3) is 0 Å². The number of nitrogens with one attached hydrogen (secondary N) is 1. The van der Waals surface area contributed by atoms with Crippen LogP contribution in [0.2, 0.25) is 0 Å². The summed E-state index contributed by atoms with van der Waals surface area (Å²) in [5, 5.41) is 3.18. The van der Waals surface area contributed by atoms with Gasteiger partial charge in [0.1, 0.15) is 0 Å². The Bertz CT molecular complexity index is 320. The third-order valence-corrected chi connectivity index (χ3v) is 4.78. The van der Waals surface area contributed by atoms with E-state index in [1.807, 2.05) is 0 Å². The Balaban J connectivity index is 1.82. The molecule has 0 aliphatic carbocycles. The first-order valence-corrected chi connectivity index (χ1v) is 8.26. The highest BCUT2D eigenvalue weighted by molar-refractivity contribution is 5.81. The molecule has 0 aromatic rings. The van der Waals surface area contributed by atoms with Crippen LogP contribution in [0.3, 0.4) is 0 Å². The SMILES string of the molecule is CCN1CCCC[C@@H]1C(=O)NC[C@@H]1CCO[C@H]1C(C)C. The molecule has 0 aromatic heterocycles. The molecule has 20 heavy (non-hydrogen) atoms. The molecule has 2 aliphatic rings. The number of ether oxygens (including phenoxy) is 1. The standard InChI is InChI=1S/C16H30N2O2/c1-4-18-9-6-5-7-14(18)16(19)17-11-13-8-10-20-15(13)12(2)3/h12-15H,4-11H2,1-3H3,(H,17,19)/t13-,14+,15-/m0/s1. The zero-order valence-corrected chi connectivity index (χ0v) is 13.2. The number of likely N-dealkylation sites (N-methyl/N-ethyl adjacent to an activating group) is 1. The molecule has 0 bridgehead atoms. The summed E-state index contributed by atoms with van der Waals surface area (Å²) in [6.07, 6.45) is 4.79. The molecule has 2 heterocycles. The largest absolute Gasteiger partial charge is 0.378 e. The molecule has 4 heteroatoms. The molecular weight excluding hydrogens is 252 g/mol. The number of amides is 1. The summed E-state index contributed by atoms with van der Waals surface area (Å²) in [6.45, 7) is 10.2. The van der Waals surface area contributed by atoms with Crippen molar-refractivity contribution in [2.24, 2.45) is 11.8 Å². The molecule has 0 unspecified atom stereocenters. The number of hydrogen-bond acceptors (Lipinski definition) is 3. The third kappa shape index (κ3) is 3.73. The van der Waals surface area contributed by atoms with E-state index in [1.54, 1.807) is 0 Å². The van der Waals surface area contributed by atoms with Gasteiger partial charge < -0.3 is 10.1 Å². The van der Waals surface area contributed by atoms with E-state index in [1.165, 1.54) is 12.8 Å². The molecule has 2 saturated heterocycles. The zero-order valence-electron chi connectivity index (χ0n) is 13.2. The van der Waals surface area contributed by atoms with Crippen LogP contribution in [0.15, 0.2) is 0 Å². The van der Waals surface area contributed by atoms with Gasteiger partial charge in [-0.15, -0.1) is 0 Å². The molecule has 3 atom stereocenters. The Morgan fingerprint density at radius 2 is 2.15 bits per heavy atom. The molecule has 2 rings (SSSR count).